The molecule has 1 saturated carbocycles. The van der Waals surface area contributed by atoms with Crippen LogP contribution in [0.4, 0.5) is 0 Å². The Kier molecular flexibility index (Phi) is 4.56. The standard InChI is InChI=1S/C15H23N3O2S/c1-11-4-8-14(9-5-11)21(19,20)10-12(2)17-15(16)18(3)13-6-7-13/h4-5,8-9,12-13H,6-7,10H2,1-3H3,(H2,16,17). The van der Waals surface area contributed by atoms with Crippen LogP contribution in [-0.2, 0) is 9.84 Å². The molecule has 1 aromatic carbocycles. The fraction of sp³-hybridized carbons (Fsp3) is 0.533. The molecule has 0 aromatic heterocycles. The summed E-state index contributed by atoms with van der Waals surface area (Å²) in [6, 6.07) is 6.99. The van der Waals surface area contributed by atoms with Gasteiger partial charge in [-0.3, -0.25) is 0 Å². The molecule has 2 rings (SSSR count). The van der Waals surface area contributed by atoms with Gasteiger partial charge in [0.05, 0.1) is 16.7 Å². The van der Waals surface area contributed by atoms with Gasteiger partial charge in [-0.15, -0.1) is 0 Å². The van der Waals surface area contributed by atoms with E-state index in [1.54, 1.807) is 31.2 Å². The van der Waals surface area contributed by atoms with Crippen LogP contribution >= 0.6 is 0 Å². The summed E-state index contributed by atoms with van der Waals surface area (Å²) in [5.74, 6) is 0.388. The van der Waals surface area contributed by atoms with Gasteiger partial charge in [0.2, 0.25) is 0 Å². The Balaban J connectivity index is 2.05. The third-order valence-electron chi connectivity index (χ3n) is 3.65. The Bertz CT molecular complexity index is 619. The summed E-state index contributed by atoms with van der Waals surface area (Å²) in [6.07, 6.45) is 2.26. The van der Waals surface area contributed by atoms with Crippen molar-refractivity contribution in [2.45, 2.75) is 43.7 Å². The lowest BCUT2D eigenvalue weighted by Gasteiger charge is -2.18. The van der Waals surface area contributed by atoms with Crippen molar-refractivity contribution in [3.8, 4) is 0 Å². The minimum atomic E-state index is -3.33. The van der Waals surface area contributed by atoms with Crippen LogP contribution in [-0.4, -0.2) is 44.2 Å². The summed E-state index contributed by atoms with van der Waals surface area (Å²) in [5.41, 5.74) is 6.95. The van der Waals surface area contributed by atoms with Gasteiger partial charge in [-0.05, 0) is 38.8 Å². The highest BCUT2D eigenvalue weighted by Crippen LogP contribution is 2.25. The van der Waals surface area contributed by atoms with Crippen LogP contribution in [0.15, 0.2) is 34.2 Å². The lowest BCUT2D eigenvalue weighted by molar-refractivity contribution is 0.484. The van der Waals surface area contributed by atoms with Crippen molar-refractivity contribution in [1.29, 1.82) is 0 Å². The molecule has 116 valence electrons. The molecule has 0 radical (unpaired) electrons. The predicted molar refractivity (Wildman–Crippen MR) is 85.1 cm³/mol. The van der Waals surface area contributed by atoms with E-state index in [0.717, 1.165) is 18.4 Å². The molecule has 1 unspecified atom stereocenters. The van der Waals surface area contributed by atoms with E-state index in [-0.39, 0.29) is 11.8 Å². The molecule has 0 spiro atoms. The first-order valence-corrected chi connectivity index (χ1v) is 8.80. The number of rotatable bonds is 5. The summed E-state index contributed by atoms with van der Waals surface area (Å²) in [4.78, 5) is 6.57. The molecule has 0 saturated heterocycles. The molecule has 1 aromatic rings. The predicted octanol–water partition coefficient (Wildman–Crippen LogP) is 1.57. The zero-order valence-electron chi connectivity index (χ0n) is 12.8. The van der Waals surface area contributed by atoms with Gasteiger partial charge in [0.25, 0.3) is 0 Å². The fourth-order valence-electron chi connectivity index (χ4n) is 2.16. The quantitative estimate of drug-likeness (QED) is 0.661. The van der Waals surface area contributed by atoms with Crippen molar-refractivity contribution in [3.63, 3.8) is 0 Å². The van der Waals surface area contributed by atoms with E-state index in [1.165, 1.54) is 0 Å². The van der Waals surface area contributed by atoms with Gasteiger partial charge in [0.15, 0.2) is 15.8 Å². The summed E-state index contributed by atoms with van der Waals surface area (Å²) in [7, 11) is -1.43. The number of hydrogen-bond acceptors (Lipinski definition) is 3. The molecule has 1 aliphatic carbocycles. The minimum absolute atomic E-state index is 0.0325. The van der Waals surface area contributed by atoms with Gasteiger partial charge >= 0.3 is 0 Å². The van der Waals surface area contributed by atoms with Crippen molar-refractivity contribution in [2.75, 3.05) is 12.8 Å². The van der Waals surface area contributed by atoms with Crippen LogP contribution in [0.25, 0.3) is 0 Å². The highest BCUT2D eigenvalue weighted by Gasteiger charge is 2.28. The summed E-state index contributed by atoms with van der Waals surface area (Å²) in [6.45, 7) is 3.71. The normalized spacial score (nSPS) is 17.6. The molecule has 1 aliphatic rings. The first-order valence-electron chi connectivity index (χ1n) is 7.15. The number of aryl methyl sites for hydroxylation is 1. The van der Waals surface area contributed by atoms with Crippen molar-refractivity contribution in [1.82, 2.24) is 4.90 Å². The topological polar surface area (TPSA) is 75.8 Å². The van der Waals surface area contributed by atoms with Crippen LogP contribution in [0.3, 0.4) is 0 Å². The zero-order chi connectivity index (χ0) is 15.6. The molecule has 0 heterocycles. The van der Waals surface area contributed by atoms with Crippen molar-refractivity contribution < 1.29 is 8.42 Å². The Hall–Kier alpha value is -1.56. The average Bonchev–Trinajstić information content (AvgIpc) is 3.21. The zero-order valence-corrected chi connectivity index (χ0v) is 13.6. The monoisotopic (exact) mass is 309 g/mol. The number of benzene rings is 1. The Morgan fingerprint density at radius 2 is 1.95 bits per heavy atom. The molecule has 6 heteroatoms. The minimum Gasteiger partial charge on any atom is -0.370 e. The van der Waals surface area contributed by atoms with E-state index in [2.05, 4.69) is 4.99 Å². The largest absolute Gasteiger partial charge is 0.370 e. The maximum Gasteiger partial charge on any atom is 0.191 e. The molecular weight excluding hydrogens is 286 g/mol. The molecule has 0 amide bonds. The average molecular weight is 309 g/mol. The van der Waals surface area contributed by atoms with E-state index in [9.17, 15) is 8.42 Å². The number of nitrogens with zero attached hydrogens (tertiary/aromatic N) is 2. The third kappa shape index (κ3) is 4.20. The van der Waals surface area contributed by atoms with Crippen molar-refractivity contribution in [2.24, 2.45) is 10.7 Å². The van der Waals surface area contributed by atoms with Crippen LogP contribution in [0.1, 0.15) is 25.3 Å². The first-order chi connectivity index (χ1) is 9.79. The van der Waals surface area contributed by atoms with Crippen molar-refractivity contribution in [3.05, 3.63) is 29.8 Å². The van der Waals surface area contributed by atoms with Gasteiger partial charge in [-0.2, -0.15) is 0 Å². The molecule has 1 fully saturated rings. The molecule has 1 atom stereocenters. The smallest absolute Gasteiger partial charge is 0.191 e. The van der Waals surface area contributed by atoms with E-state index in [1.807, 2.05) is 18.9 Å². The van der Waals surface area contributed by atoms with Crippen LogP contribution in [0.2, 0.25) is 0 Å². The maximum atomic E-state index is 12.3. The summed E-state index contributed by atoms with van der Waals surface area (Å²) >= 11 is 0. The number of nitrogens with two attached hydrogens (primary N) is 1. The Labute approximate surface area is 126 Å². The lowest BCUT2D eigenvalue weighted by atomic mass is 10.2. The van der Waals surface area contributed by atoms with Crippen LogP contribution < -0.4 is 5.73 Å². The van der Waals surface area contributed by atoms with Gasteiger partial charge < -0.3 is 10.6 Å². The van der Waals surface area contributed by atoms with Gasteiger partial charge in [0.1, 0.15) is 0 Å². The number of hydrogen-bond donors (Lipinski definition) is 1. The van der Waals surface area contributed by atoms with Gasteiger partial charge in [-0.1, -0.05) is 17.7 Å². The second-order valence-corrected chi connectivity index (χ2v) is 7.81. The SMILES string of the molecule is Cc1ccc(S(=O)(=O)CC(C)N=C(N)N(C)C2CC2)cc1. The second-order valence-electron chi connectivity index (χ2n) is 5.77. The molecule has 0 aliphatic heterocycles. The van der Waals surface area contributed by atoms with Crippen molar-refractivity contribution >= 4 is 15.8 Å². The highest BCUT2D eigenvalue weighted by atomic mass is 32.2. The van der Waals surface area contributed by atoms with E-state index >= 15 is 0 Å². The number of guanidine groups is 1. The molecule has 21 heavy (non-hydrogen) atoms. The molecule has 5 nitrogen and oxygen atoms in total. The Morgan fingerprint density at radius 1 is 1.38 bits per heavy atom. The number of aliphatic imine (C=N–C) groups is 1. The highest BCUT2D eigenvalue weighted by molar-refractivity contribution is 7.91. The first kappa shape index (κ1) is 15.8. The maximum absolute atomic E-state index is 12.3. The second kappa shape index (κ2) is 6.05. The van der Waals surface area contributed by atoms with Gasteiger partial charge in [-0.25, -0.2) is 13.4 Å². The molecule has 0 bridgehead atoms. The lowest BCUT2D eigenvalue weighted by Crippen LogP contribution is -2.37. The van der Waals surface area contributed by atoms with E-state index in [4.69, 9.17) is 5.73 Å². The number of sulfone groups is 1. The van der Waals surface area contributed by atoms with Crippen LogP contribution in [0.5, 0.6) is 0 Å². The van der Waals surface area contributed by atoms with E-state index < -0.39 is 9.84 Å². The van der Waals surface area contributed by atoms with Gasteiger partial charge in [0, 0.05) is 13.1 Å². The third-order valence-corrected chi connectivity index (χ3v) is 5.56. The fourth-order valence-corrected chi connectivity index (χ4v) is 3.62. The summed E-state index contributed by atoms with van der Waals surface area (Å²) < 4.78 is 24.7. The Morgan fingerprint density at radius 3 is 2.48 bits per heavy atom. The molecular formula is C15H23N3O2S. The van der Waals surface area contributed by atoms with E-state index in [0.29, 0.717) is 16.9 Å². The molecule has 2 N–H and O–H groups in total. The van der Waals surface area contributed by atoms with Crippen LogP contribution in [0, 0.1) is 6.92 Å². The summed E-state index contributed by atoms with van der Waals surface area (Å²) in [5, 5.41) is 0.